The number of nitrogens with zero attached hydrogens (tertiary/aromatic N) is 6. The van der Waals surface area contributed by atoms with E-state index < -0.39 is 0 Å². The number of aromatic nitrogens is 5. The van der Waals surface area contributed by atoms with Crippen LogP contribution in [-0.4, -0.2) is 50.7 Å². The van der Waals surface area contributed by atoms with Crippen molar-refractivity contribution in [2.45, 2.75) is 57.4 Å². The quantitative estimate of drug-likeness (QED) is 0.391. The van der Waals surface area contributed by atoms with Crippen LogP contribution in [0.4, 0.5) is 17.5 Å². The monoisotopic (exact) mass is 496 g/mol. The first-order chi connectivity index (χ1) is 18.2. The van der Waals surface area contributed by atoms with E-state index in [1.807, 2.05) is 30.9 Å². The molecule has 3 fully saturated rings. The Hall–Kier alpha value is -3.26. The van der Waals surface area contributed by atoms with E-state index in [9.17, 15) is 0 Å². The number of nitrogens with one attached hydrogen (secondary N) is 2. The van der Waals surface area contributed by atoms with Gasteiger partial charge in [0.05, 0.1) is 23.6 Å². The zero-order valence-electron chi connectivity index (χ0n) is 21.7. The predicted molar refractivity (Wildman–Crippen MR) is 148 cm³/mol. The molecule has 2 saturated carbocycles. The van der Waals surface area contributed by atoms with E-state index in [4.69, 9.17) is 9.97 Å². The maximum Gasteiger partial charge on any atom is 0.230 e. The molecule has 1 aliphatic heterocycles. The Morgan fingerprint density at radius 2 is 1.97 bits per heavy atom. The van der Waals surface area contributed by atoms with Crippen molar-refractivity contribution in [2.75, 3.05) is 36.4 Å². The minimum atomic E-state index is 0.111. The third kappa shape index (κ3) is 4.02. The molecule has 4 aromatic heterocycles. The van der Waals surface area contributed by atoms with Crippen molar-refractivity contribution in [3.05, 3.63) is 43.0 Å². The lowest BCUT2D eigenvalue weighted by Gasteiger charge is -2.49. The van der Waals surface area contributed by atoms with Crippen LogP contribution in [0.15, 0.2) is 43.0 Å². The summed E-state index contributed by atoms with van der Waals surface area (Å²) in [6, 6.07) is 6.29. The number of anilines is 3. The van der Waals surface area contributed by atoms with E-state index in [0.29, 0.717) is 5.95 Å². The van der Waals surface area contributed by atoms with Crippen LogP contribution in [0.1, 0.15) is 51.9 Å². The van der Waals surface area contributed by atoms with E-state index in [2.05, 4.69) is 49.1 Å². The second-order valence-electron chi connectivity index (χ2n) is 11.3. The Bertz CT molecular complexity index is 1410. The molecule has 0 radical (unpaired) electrons. The SMILES string of the molecule is CCC1CC2CCCC(n3c4cnccc4c4cnc(Nc5ccc(N6CCNCC6)cn5)nc43)(C1)C2. The largest absolute Gasteiger partial charge is 0.368 e. The van der Waals surface area contributed by atoms with Gasteiger partial charge >= 0.3 is 0 Å². The van der Waals surface area contributed by atoms with Crippen molar-refractivity contribution in [3.8, 4) is 0 Å². The van der Waals surface area contributed by atoms with Gasteiger partial charge in [0.2, 0.25) is 5.95 Å². The normalized spacial score (nSPS) is 26.0. The molecule has 3 unspecified atom stereocenters. The smallest absolute Gasteiger partial charge is 0.230 e. The number of fused-ring (bicyclic) bond motifs is 5. The van der Waals surface area contributed by atoms with Crippen molar-refractivity contribution in [1.82, 2.24) is 29.8 Å². The number of hydrogen-bond acceptors (Lipinski definition) is 7. The van der Waals surface area contributed by atoms with Crippen molar-refractivity contribution < 1.29 is 0 Å². The molecule has 0 amide bonds. The summed E-state index contributed by atoms with van der Waals surface area (Å²) in [6.45, 7) is 6.40. The van der Waals surface area contributed by atoms with Crippen LogP contribution in [0.25, 0.3) is 21.9 Å². The van der Waals surface area contributed by atoms with Crippen molar-refractivity contribution >= 4 is 39.4 Å². The van der Waals surface area contributed by atoms with Gasteiger partial charge in [-0.25, -0.2) is 9.97 Å². The van der Waals surface area contributed by atoms with E-state index in [0.717, 1.165) is 60.6 Å². The molecule has 2 aliphatic carbocycles. The van der Waals surface area contributed by atoms with Gasteiger partial charge in [-0.05, 0) is 55.7 Å². The van der Waals surface area contributed by atoms with Gasteiger partial charge in [0.25, 0.3) is 0 Å². The third-order valence-electron chi connectivity index (χ3n) is 9.09. The molecular weight excluding hydrogens is 460 g/mol. The predicted octanol–water partition coefficient (Wildman–Crippen LogP) is 5.23. The molecule has 0 aromatic carbocycles. The maximum absolute atomic E-state index is 5.14. The zero-order chi connectivity index (χ0) is 24.8. The summed E-state index contributed by atoms with van der Waals surface area (Å²) >= 11 is 0. The molecule has 192 valence electrons. The molecule has 5 heterocycles. The van der Waals surface area contributed by atoms with Crippen LogP contribution in [0.2, 0.25) is 0 Å². The molecule has 2 bridgehead atoms. The summed E-state index contributed by atoms with van der Waals surface area (Å²) < 4.78 is 2.56. The molecule has 7 rings (SSSR count). The Morgan fingerprint density at radius 1 is 1.05 bits per heavy atom. The molecular formula is C29H36N8. The second-order valence-corrected chi connectivity index (χ2v) is 11.3. The van der Waals surface area contributed by atoms with Crippen LogP contribution in [0, 0.1) is 11.8 Å². The zero-order valence-corrected chi connectivity index (χ0v) is 21.7. The minimum absolute atomic E-state index is 0.111. The highest BCUT2D eigenvalue weighted by molar-refractivity contribution is 6.06. The van der Waals surface area contributed by atoms with Gasteiger partial charge < -0.3 is 20.1 Å². The van der Waals surface area contributed by atoms with Crippen LogP contribution < -0.4 is 15.5 Å². The molecule has 0 spiro atoms. The number of hydrogen-bond donors (Lipinski definition) is 2. The molecule has 1 saturated heterocycles. The van der Waals surface area contributed by atoms with Crippen molar-refractivity contribution in [1.29, 1.82) is 0 Å². The van der Waals surface area contributed by atoms with Crippen LogP contribution in [0.3, 0.4) is 0 Å². The summed E-state index contributed by atoms with van der Waals surface area (Å²) in [5, 5.41) is 9.09. The van der Waals surface area contributed by atoms with Gasteiger partial charge in [-0.2, -0.15) is 4.98 Å². The van der Waals surface area contributed by atoms with Crippen molar-refractivity contribution in [3.63, 3.8) is 0 Å². The Morgan fingerprint density at radius 3 is 2.81 bits per heavy atom. The lowest BCUT2D eigenvalue weighted by atomic mass is 9.63. The van der Waals surface area contributed by atoms with E-state index in [1.165, 1.54) is 55.8 Å². The molecule has 8 nitrogen and oxygen atoms in total. The van der Waals surface area contributed by atoms with Gasteiger partial charge in [0, 0.05) is 54.9 Å². The average Bonchev–Trinajstić information content (AvgIpc) is 3.28. The highest BCUT2D eigenvalue weighted by atomic mass is 15.2. The Balaban J connectivity index is 1.27. The topological polar surface area (TPSA) is 83.8 Å². The van der Waals surface area contributed by atoms with Gasteiger partial charge in [0.15, 0.2) is 0 Å². The standard InChI is InChI=1S/C29H36N8/c1-2-20-14-21-4-3-8-29(15-20,16-21)37-25-19-31-9-7-23(25)24-18-33-28(35-27(24)37)34-26-6-5-22(17-32-26)36-12-10-30-11-13-36/h5-7,9,17-21,30H,2-4,8,10-16H2,1H3,(H,32,33,34,35). The van der Waals surface area contributed by atoms with Crippen LogP contribution >= 0.6 is 0 Å². The molecule has 4 aromatic rings. The first-order valence-electron chi connectivity index (χ1n) is 14.0. The molecule has 3 atom stereocenters. The summed E-state index contributed by atoms with van der Waals surface area (Å²) in [5.74, 6) is 2.95. The van der Waals surface area contributed by atoms with E-state index in [1.54, 1.807) is 0 Å². The van der Waals surface area contributed by atoms with Crippen LogP contribution in [-0.2, 0) is 5.54 Å². The fourth-order valence-corrected chi connectivity index (χ4v) is 7.41. The van der Waals surface area contributed by atoms with Crippen LogP contribution in [0.5, 0.6) is 0 Å². The number of pyridine rings is 2. The van der Waals surface area contributed by atoms with Gasteiger partial charge in [-0.3, -0.25) is 4.98 Å². The molecule has 37 heavy (non-hydrogen) atoms. The fraction of sp³-hybridized carbons (Fsp3) is 0.517. The van der Waals surface area contributed by atoms with E-state index >= 15 is 0 Å². The summed E-state index contributed by atoms with van der Waals surface area (Å²) in [4.78, 5) is 21.5. The highest BCUT2D eigenvalue weighted by Crippen LogP contribution is 2.52. The molecule has 3 aliphatic rings. The summed E-state index contributed by atoms with van der Waals surface area (Å²) in [6.07, 6.45) is 16.8. The highest BCUT2D eigenvalue weighted by Gasteiger charge is 2.45. The van der Waals surface area contributed by atoms with Gasteiger partial charge in [-0.15, -0.1) is 0 Å². The van der Waals surface area contributed by atoms with Crippen molar-refractivity contribution in [2.24, 2.45) is 11.8 Å². The lowest BCUT2D eigenvalue weighted by molar-refractivity contribution is 0.0534. The second kappa shape index (κ2) is 9.24. The maximum atomic E-state index is 5.14. The lowest BCUT2D eigenvalue weighted by Crippen LogP contribution is -2.44. The molecule has 2 N–H and O–H groups in total. The van der Waals surface area contributed by atoms with Gasteiger partial charge in [0.1, 0.15) is 11.5 Å². The Kier molecular flexibility index (Phi) is 5.72. The number of piperazine rings is 1. The van der Waals surface area contributed by atoms with Gasteiger partial charge in [-0.1, -0.05) is 26.2 Å². The summed E-state index contributed by atoms with van der Waals surface area (Å²) in [5.41, 5.74) is 3.49. The summed E-state index contributed by atoms with van der Waals surface area (Å²) in [7, 11) is 0. The Labute approximate surface area is 217 Å². The first kappa shape index (κ1) is 22.9. The first-order valence-corrected chi connectivity index (χ1v) is 14.0. The third-order valence-corrected chi connectivity index (χ3v) is 9.09. The number of rotatable bonds is 5. The average molecular weight is 497 g/mol. The minimum Gasteiger partial charge on any atom is -0.368 e. The molecule has 8 heteroatoms. The van der Waals surface area contributed by atoms with E-state index in [-0.39, 0.29) is 5.54 Å². The fourth-order valence-electron chi connectivity index (χ4n) is 7.41.